The summed E-state index contributed by atoms with van der Waals surface area (Å²) in [5.74, 6) is -2.76. The molecule has 2 aromatic heterocycles. The molecule has 30 heavy (non-hydrogen) atoms. The summed E-state index contributed by atoms with van der Waals surface area (Å²) in [4.78, 5) is 19.6. The molecule has 0 atom stereocenters. The molecule has 0 saturated carbocycles. The van der Waals surface area contributed by atoms with Crippen molar-refractivity contribution in [2.45, 2.75) is 19.3 Å². The largest absolute Gasteiger partial charge is 0.490 e. The van der Waals surface area contributed by atoms with Crippen LogP contribution in [0.15, 0.2) is 54.2 Å². The van der Waals surface area contributed by atoms with Gasteiger partial charge in [-0.2, -0.15) is 13.2 Å². The molecule has 10 heteroatoms. The fraction of sp³-hybridized carbons (Fsp3) is 0.250. The number of nitrogens with zero attached hydrogens (tertiary/aromatic N) is 3. The van der Waals surface area contributed by atoms with Crippen LogP contribution in [0, 0.1) is 0 Å². The SMILES string of the molecule is CN(C)c1nc(CNCc2ccc(-c3ccncc3)cc2)cs1.O=C(O)C(F)(F)F. The molecular formula is C20H21F3N4O2S. The summed E-state index contributed by atoms with van der Waals surface area (Å²) in [6, 6.07) is 12.7. The molecule has 3 aromatic rings. The molecule has 0 bridgehead atoms. The van der Waals surface area contributed by atoms with Crippen molar-refractivity contribution in [3.05, 3.63) is 65.4 Å². The molecule has 160 valence electrons. The third-order valence-corrected chi connectivity index (χ3v) is 4.82. The Kier molecular flexibility index (Phi) is 8.31. The van der Waals surface area contributed by atoms with E-state index in [-0.39, 0.29) is 0 Å². The van der Waals surface area contributed by atoms with Gasteiger partial charge in [0.25, 0.3) is 0 Å². The maximum absolute atomic E-state index is 10.6. The lowest BCUT2D eigenvalue weighted by Gasteiger charge is -2.07. The van der Waals surface area contributed by atoms with E-state index in [0.717, 1.165) is 23.9 Å². The van der Waals surface area contributed by atoms with Crippen LogP contribution >= 0.6 is 11.3 Å². The number of nitrogens with one attached hydrogen (secondary N) is 1. The summed E-state index contributed by atoms with van der Waals surface area (Å²) in [7, 11) is 4.03. The Bertz CT molecular complexity index is 929. The van der Waals surface area contributed by atoms with E-state index in [9.17, 15) is 13.2 Å². The number of hydrogen-bond donors (Lipinski definition) is 2. The lowest BCUT2D eigenvalue weighted by Crippen LogP contribution is -2.21. The van der Waals surface area contributed by atoms with Gasteiger partial charge in [-0.1, -0.05) is 24.3 Å². The normalized spacial score (nSPS) is 10.8. The number of aromatic nitrogens is 2. The van der Waals surface area contributed by atoms with Crippen molar-refractivity contribution in [3.8, 4) is 11.1 Å². The van der Waals surface area contributed by atoms with Crippen molar-refractivity contribution in [2.24, 2.45) is 0 Å². The van der Waals surface area contributed by atoms with Crippen molar-refractivity contribution in [2.75, 3.05) is 19.0 Å². The third-order valence-electron chi connectivity index (χ3n) is 3.77. The van der Waals surface area contributed by atoms with Crippen molar-refractivity contribution in [1.82, 2.24) is 15.3 Å². The van der Waals surface area contributed by atoms with Gasteiger partial charge in [-0.3, -0.25) is 4.98 Å². The van der Waals surface area contributed by atoms with E-state index in [1.54, 1.807) is 11.3 Å². The number of halogens is 3. The summed E-state index contributed by atoms with van der Waals surface area (Å²) in [5.41, 5.74) is 4.77. The smallest absolute Gasteiger partial charge is 0.475 e. The van der Waals surface area contributed by atoms with Crippen molar-refractivity contribution in [3.63, 3.8) is 0 Å². The second kappa shape index (κ2) is 10.7. The molecule has 0 spiro atoms. The number of alkyl halides is 3. The van der Waals surface area contributed by atoms with Gasteiger partial charge >= 0.3 is 12.1 Å². The molecule has 3 rings (SSSR count). The molecule has 2 heterocycles. The fourth-order valence-corrected chi connectivity index (χ4v) is 3.04. The maximum Gasteiger partial charge on any atom is 0.490 e. The number of anilines is 1. The van der Waals surface area contributed by atoms with Crippen LogP contribution in [0.5, 0.6) is 0 Å². The molecule has 0 saturated heterocycles. The van der Waals surface area contributed by atoms with Crippen LogP contribution in [-0.4, -0.2) is 41.3 Å². The highest BCUT2D eigenvalue weighted by molar-refractivity contribution is 7.13. The Morgan fingerprint density at radius 3 is 2.13 bits per heavy atom. The maximum atomic E-state index is 10.6. The molecule has 0 fully saturated rings. The van der Waals surface area contributed by atoms with Crippen LogP contribution in [0.3, 0.4) is 0 Å². The van der Waals surface area contributed by atoms with Crippen molar-refractivity contribution < 1.29 is 23.1 Å². The standard InChI is InChI=1S/C18H20N4S.C2HF3O2/c1-22(2)18-21-17(13-23-18)12-20-11-14-3-5-15(6-4-14)16-7-9-19-10-8-16;3-2(4,5)1(6)7/h3-10,13,20H,11-12H2,1-2H3;(H,6,7). The highest BCUT2D eigenvalue weighted by Gasteiger charge is 2.38. The third kappa shape index (κ3) is 7.45. The molecule has 0 unspecified atom stereocenters. The van der Waals surface area contributed by atoms with Gasteiger partial charge in [0.2, 0.25) is 0 Å². The number of aliphatic carboxylic acids is 1. The Labute approximate surface area is 176 Å². The minimum atomic E-state index is -5.08. The number of benzene rings is 1. The number of carbonyl (C=O) groups is 1. The van der Waals surface area contributed by atoms with Crippen LogP contribution in [0.2, 0.25) is 0 Å². The van der Waals surface area contributed by atoms with Gasteiger partial charge in [-0.25, -0.2) is 9.78 Å². The van der Waals surface area contributed by atoms with Gasteiger partial charge in [0.05, 0.1) is 5.69 Å². The predicted molar refractivity (Wildman–Crippen MR) is 110 cm³/mol. The summed E-state index contributed by atoms with van der Waals surface area (Å²) in [6.07, 6.45) is -1.44. The average molecular weight is 438 g/mol. The summed E-state index contributed by atoms with van der Waals surface area (Å²) in [5, 5.41) is 13.7. The Balaban J connectivity index is 0.000000396. The van der Waals surface area contributed by atoms with E-state index in [2.05, 4.69) is 44.9 Å². The number of rotatable bonds is 6. The minimum absolute atomic E-state index is 0.788. The van der Waals surface area contributed by atoms with Crippen LogP contribution < -0.4 is 10.2 Å². The highest BCUT2D eigenvalue weighted by Crippen LogP contribution is 2.19. The monoisotopic (exact) mass is 438 g/mol. The first-order valence-corrected chi connectivity index (χ1v) is 9.66. The number of carboxylic acid groups (broad SMARTS) is 1. The lowest BCUT2D eigenvalue weighted by molar-refractivity contribution is -0.192. The van der Waals surface area contributed by atoms with E-state index >= 15 is 0 Å². The first-order valence-electron chi connectivity index (χ1n) is 8.78. The zero-order chi connectivity index (χ0) is 22.1. The van der Waals surface area contributed by atoms with Gasteiger partial charge in [0, 0.05) is 45.0 Å². The topological polar surface area (TPSA) is 78.4 Å². The number of hydrogen-bond acceptors (Lipinski definition) is 6. The number of thiazole rings is 1. The van der Waals surface area contributed by atoms with E-state index < -0.39 is 12.1 Å². The molecule has 6 nitrogen and oxygen atoms in total. The quantitative estimate of drug-likeness (QED) is 0.601. The van der Waals surface area contributed by atoms with Crippen LogP contribution in [0.25, 0.3) is 11.1 Å². The Hall–Kier alpha value is -2.98. The van der Waals surface area contributed by atoms with E-state index in [1.807, 2.05) is 43.5 Å². The minimum Gasteiger partial charge on any atom is -0.475 e. The first kappa shape index (κ1) is 23.3. The first-order chi connectivity index (χ1) is 14.2. The zero-order valence-electron chi connectivity index (χ0n) is 16.3. The van der Waals surface area contributed by atoms with Gasteiger partial charge in [0.15, 0.2) is 5.13 Å². The summed E-state index contributed by atoms with van der Waals surface area (Å²) in [6.45, 7) is 1.63. The van der Waals surface area contributed by atoms with Gasteiger partial charge in [-0.15, -0.1) is 11.3 Å². The van der Waals surface area contributed by atoms with Crippen molar-refractivity contribution in [1.29, 1.82) is 0 Å². The molecule has 0 amide bonds. The van der Waals surface area contributed by atoms with E-state index in [4.69, 9.17) is 9.90 Å². The zero-order valence-corrected chi connectivity index (χ0v) is 17.2. The fourth-order valence-electron chi connectivity index (χ4n) is 2.28. The van der Waals surface area contributed by atoms with Crippen LogP contribution in [0.4, 0.5) is 18.3 Å². The van der Waals surface area contributed by atoms with Gasteiger partial charge in [-0.05, 0) is 28.8 Å². The lowest BCUT2D eigenvalue weighted by atomic mass is 10.1. The van der Waals surface area contributed by atoms with Gasteiger partial charge in [0.1, 0.15) is 0 Å². The van der Waals surface area contributed by atoms with E-state index in [0.29, 0.717) is 0 Å². The number of pyridine rings is 1. The van der Waals surface area contributed by atoms with Gasteiger partial charge < -0.3 is 15.3 Å². The second-order valence-corrected chi connectivity index (χ2v) is 7.19. The molecule has 1 aromatic carbocycles. The molecule has 2 N–H and O–H groups in total. The molecule has 0 aliphatic heterocycles. The molecule has 0 aliphatic rings. The highest BCUT2D eigenvalue weighted by atomic mass is 32.1. The summed E-state index contributed by atoms with van der Waals surface area (Å²) < 4.78 is 31.7. The Morgan fingerprint density at radius 1 is 1.07 bits per heavy atom. The average Bonchev–Trinajstić information content (AvgIpc) is 3.18. The predicted octanol–water partition coefficient (Wildman–Crippen LogP) is 4.19. The summed E-state index contributed by atoms with van der Waals surface area (Å²) >= 11 is 1.67. The van der Waals surface area contributed by atoms with Crippen LogP contribution in [-0.2, 0) is 17.9 Å². The van der Waals surface area contributed by atoms with Crippen molar-refractivity contribution >= 4 is 22.4 Å². The molecule has 0 radical (unpaired) electrons. The van der Waals surface area contributed by atoms with E-state index in [1.165, 1.54) is 16.7 Å². The Morgan fingerprint density at radius 2 is 1.63 bits per heavy atom. The van der Waals surface area contributed by atoms with Crippen LogP contribution in [0.1, 0.15) is 11.3 Å². The number of carboxylic acids is 1. The molecular weight excluding hydrogens is 417 g/mol. The molecule has 0 aliphatic carbocycles. The second-order valence-electron chi connectivity index (χ2n) is 6.36.